The van der Waals surface area contributed by atoms with Crippen molar-refractivity contribution in [3.63, 3.8) is 0 Å². The lowest BCUT2D eigenvalue weighted by atomic mass is 9.90. The predicted octanol–water partition coefficient (Wildman–Crippen LogP) is 7.54. The Balaban J connectivity index is 1.34. The van der Waals surface area contributed by atoms with Crippen LogP contribution < -0.4 is 4.74 Å². The molecule has 224 valence electrons. The average Bonchev–Trinajstić information content (AvgIpc) is 3.18. The zero-order valence-electron chi connectivity index (χ0n) is 25.6. The lowest BCUT2D eigenvalue weighted by molar-refractivity contribution is -0.149. The van der Waals surface area contributed by atoms with Gasteiger partial charge in [-0.3, -0.25) is 4.90 Å². The number of carboxylic acid groups (broad SMARTS) is 1. The first kappa shape index (κ1) is 30.5. The van der Waals surface area contributed by atoms with Crippen LogP contribution in [0.2, 0.25) is 0 Å². The second-order valence-electron chi connectivity index (χ2n) is 11.4. The molecule has 0 spiro atoms. The second-order valence-corrected chi connectivity index (χ2v) is 11.4. The Kier molecular flexibility index (Phi) is 10.3. The van der Waals surface area contributed by atoms with Gasteiger partial charge in [-0.05, 0) is 89.9 Å². The molecule has 0 saturated heterocycles. The van der Waals surface area contributed by atoms with E-state index in [2.05, 4.69) is 85.6 Å². The van der Waals surface area contributed by atoms with Crippen molar-refractivity contribution in [3.05, 3.63) is 124 Å². The fraction of sp³-hybridized carbons (Fsp3) is 0.342. The van der Waals surface area contributed by atoms with E-state index in [4.69, 9.17) is 9.47 Å². The van der Waals surface area contributed by atoms with Gasteiger partial charge in [0, 0.05) is 19.6 Å². The molecule has 1 aliphatic rings. The number of rotatable bonds is 13. The van der Waals surface area contributed by atoms with Crippen LogP contribution in [-0.2, 0) is 35.2 Å². The fourth-order valence-electron chi connectivity index (χ4n) is 6.17. The molecule has 5 heteroatoms. The minimum atomic E-state index is -0.940. The Bertz CT molecular complexity index is 1500. The van der Waals surface area contributed by atoms with Gasteiger partial charge in [0.05, 0.1) is 6.04 Å². The van der Waals surface area contributed by atoms with Gasteiger partial charge in [0.15, 0.2) is 6.10 Å². The monoisotopic (exact) mass is 577 g/mol. The van der Waals surface area contributed by atoms with E-state index in [9.17, 15) is 9.90 Å². The van der Waals surface area contributed by atoms with Gasteiger partial charge < -0.3 is 14.6 Å². The highest BCUT2D eigenvalue weighted by Gasteiger charge is 2.28. The van der Waals surface area contributed by atoms with E-state index in [1.807, 2.05) is 31.2 Å². The molecule has 5 nitrogen and oxygen atoms in total. The van der Waals surface area contributed by atoms with Crippen molar-refractivity contribution >= 4 is 5.97 Å². The molecule has 4 aromatic rings. The van der Waals surface area contributed by atoms with Crippen LogP contribution in [0.4, 0.5) is 0 Å². The van der Waals surface area contributed by atoms with Crippen molar-refractivity contribution in [2.45, 2.75) is 58.1 Å². The highest BCUT2D eigenvalue weighted by molar-refractivity contribution is 5.72. The third-order valence-corrected chi connectivity index (χ3v) is 8.39. The van der Waals surface area contributed by atoms with Crippen molar-refractivity contribution in [3.8, 4) is 16.9 Å². The first-order valence-electron chi connectivity index (χ1n) is 15.5. The molecule has 0 amide bonds. The zero-order chi connectivity index (χ0) is 30.2. The predicted molar refractivity (Wildman–Crippen MR) is 173 cm³/mol. The summed E-state index contributed by atoms with van der Waals surface area (Å²) in [7, 11) is 2.20. The highest BCUT2D eigenvalue weighted by atomic mass is 16.5. The highest BCUT2D eigenvalue weighted by Crippen LogP contribution is 2.38. The van der Waals surface area contributed by atoms with Crippen molar-refractivity contribution in [1.29, 1.82) is 0 Å². The van der Waals surface area contributed by atoms with E-state index in [1.165, 1.54) is 38.9 Å². The molecule has 1 N–H and O–H groups in total. The SMILES string of the molecule is CCCc1ccc2c(c1)C(N(C)CCOc1ccc(CC(OCC)C(=O)O)cc1)c1ccc(-c3ccccc3)cc1CC2. The number of carbonyl (C=O) groups is 1. The van der Waals surface area contributed by atoms with E-state index in [1.54, 1.807) is 0 Å². The van der Waals surface area contributed by atoms with Crippen LogP contribution in [0.1, 0.15) is 59.7 Å². The van der Waals surface area contributed by atoms with Crippen LogP contribution in [0.5, 0.6) is 5.75 Å². The minimum Gasteiger partial charge on any atom is -0.492 e. The third-order valence-electron chi connectivity index (χ3n) is 8.39. The van der Waals surface area contributed by atoms with Gasteiger partial charge in [-0.25, -0.2) is 4.79 Å². The molecule has 0 bridgehead atoms. The molecule has 0 aromatic heterocycles. The molecule has 5 rings (SSSR count). The maximum Gasteiger partial charge on any atom is 0.333 e. The first-order valence-corrected chi connectivity index (χ1v) is 15.5. The Hall–Kier alpha value is -3.93. The van der Waals surface area contributed by atoms with E-state index < -0.39 is 12.1 Å². The molecule has 0 aliphatic heterocycles. The van der Waals surface area contributed by atoms with Gasteiger partial charge in [0.25, 0.3) is 0 Å². The maximum atomic E-state index is 11.5. The van der Waals surface area contributed by atoms with Gasteiger partial charge in [-0.2, -0.15) is 0 Å². The molecule has 0 saturated carbocycles. The van der Waals surface area contributed by atoms with Gasteiger partial charge in [0.2, 0.25) is 0 Å². The number of ether oxygens (including phenoxy) is 2. The normalized spacial score (nSPS) is 14.9. The average molecular weight is 578 g/mol. The zero-order valence-corrected chi connectivity index (χ0v) is 25.6. The maximum absolute atomic E-state index is 11.5. The van der Waals surface area contributed by atoms with E-state index in [0.29, 0.717) is 19.6 Å². The van der Waals surface area contributed by atoms with E-state index >= 15 is 0 Å². The third kappa shape index (κ3) is 7.54. The molecule has 4 aromatic carbocycles. The van der Waals surface area contributed by atoms with Crippen molar-refractivity contribution in [2.75, 3.05) is 26.8 Å². The number of hydrogen-bond acceptors (Lipinski definition) is 4. The van der Waals surface area contributed by atoms with Gasteiger partial charge in [-0.1, -0.05) is 92.2 Å². The largest absolute Gasteiger partial charge is 0.492 e. The summed E-state index contributed by atoms with van der Waals surface area (Å²) in [6, 6.07) is 32.6. The second kappa shape index (κ2) is 14.5. The summed E-state index contributed by atoms with van der Waals surface area (Å²) < 4.78 is 11.5. The number of fused-ring (bicyclic) bond motifs is 2. The summed E-state index contributed by atoms with van der Waals surface area (Å²) in [6.45, 7) is 5.72. The lowest BCUT2D eigenvalue weighted by Crippen LogP contribution is -2.30. The number of aliphatic carboxylic acids is 1. The van der Waals surface area contributed by atoms with Gasteiger partial charge in [-0.15, -0.1) is 0 Å². The van der Waals surface area contributed by atoms with Gasteiger partial charge in [0.1, 0.15) is 12.4 Å². The Morgan fingerprint density at radius 2 is 1.60 bits per heavy atom. The summed E-state index contributed by atoms with van der Waals surface area (Å²) in [5.74, 6) is -0.162. The number of benzene rings is 4. The molecule has 1 aliphatic carbocycles. The van der Waals surface area contributed by atoms with E-state index in [-0.39, 0.29) is 6.04 Å². The van der Waals surface area contributed by atoms with Crippen molar-refractivity contribution in [1.82, 2.24) is 4.90 Å². The summed E-state index contributed by atoms with van der Waals surface area (Å²) in [5, 5.41) is 9.39. The van der Waals surface area contributed by atoms with Crippen molar-refractivity contribution in [2.24, 2.45) is 0 Å². The minimum absolute atomic E-state index is 0.145. The van der Waals surface area contributed by atoms with Crippen LogP contribution in [0, 0.1) is 0 Å². The quantitative estimate of drug-likeness (QED) is 0.178. The summed E-state index contributed by atoms with van der Waals surface area (Å²) in [4.78, 5) is 13.9. The van der Waals surface area contributed by atoms with Crippen LogP contribution >= 0.6 is 0 Å². The smallest absolute Gasteiger partial charge is 0.333 e. The number of hydrogen-bond donors (Lipinski definition) is 1. The van der Waals surface area contributed by atoms with Gasteiger partial charge >= 0.3 is 5.97 Å². The van der Waals surface area contributed by atoms with Crippen LogP contribution in [0.3, 0.4) is 0 Å². The Morgan fingerprint density at radius 1 is 0.860 bits per heavy atom. The topological polar surface area (TPSA) is 59.0 Å². The standard InChI is InChI=1S/C38H43NO4/c1-4-9-27-12-15-30-16-17-32-26-31(29-10-7-6-8-11-29)18-21-34(32)37(35(30)24-27)39(3)22-23-43-33-19-13-28(14-20-33)25-36(38(40)41)42-5-2/h6-8,10-15,18-21,24,26,36-37H,4-5,9,16-17,22-23,25H2,1-3H3,(H,40,41). The van der Waals surface area contributed by atoms with E-state index in [0.717, 1.165) is 43.5 Å². The summed E-state index contributed by atoms with van der Waals surface area (Å²) in [5.41, 5.74) is 10.4. The molecule has 2 atom stereocenters. The summed E-state index contributed by atoms with van der Waals surface area (Å²) in [6.07, 6.45) is 3.77. The Morgan fingerprint density at radius 3 is 2.33 bits per heavy atom. The molecule has 0 radical (unpaired) electrons. The molecule has 0 heterocycles. The molecule has 43 heavy (non-hydrogen) atoms. The summed E-state index contributed by atoms with van der Waals surface area (Å²) >= 11 is 0. The molecule has 0 fully saturated rings. The molecular weight excluding hydrogens is 534 g/mol. The molecular formula is C38H43NO4. The number of likely N-dealkylation sites (N-methyl/N-ethyl adjacent to an activating group) is 1. The first-order chi connectivity index (χ1) is 21.0. The van der Waals surface area contributed by atoms with Crippen LogP contribution in [0.15, 0.2) is 91.0 Å². The fourth-order valence-corrected chi connectivity index (χ4v) is 6.17. The Labute approximate surface area is 256 Å². The lowest BCUT2D eigenvalue weighted by Gasteiger charge is -2.31. The number of aryl methyl sites for hydroxylation is 3. The number of carboxylic acids is 1. The number of nitrogens with zero attached hydrogens (tertiary/aromatic N) is 1. The van der Waals surface area contributed by atoms with Crippen LogP contribution in [-0.4, -0.2) is 48.9 Å². The molecule has 2 unspecified atom stereocenters. The van der Waals surface area contributed by atoms with Crippen LogP contribution in [0.25, 0.3) is 11.1 Å². The van der Waals surface area contributed by atoms with Crippen molar-refractivity contribution < 1.29 is 19.4 Å².